The summed E-state index contributed by atoms with van der Waals surface area (Å²) in [6, 6.07) is 12.7. The van der Waals surface area contributed by atoms with Gasteiger partial charge in [-0.3, -0.25) is 19.4 Å². The maximum absolute atomic E-state index is 12.6. The molecule has 2 aromatic rings. The lowest BCUT2D eigenvalue weighted by Gasteiger charge is -2.38. The molecule has 0 bridgehead atoms. The maximum Gasteiger partial charge on any atom is 0.261 e. The third-order valence-electron chi connectivity index (χ3n) is 5.59. The van der Waals surface area contributed by atoms with Crippen molar-refractivity contribution in [3.8, 4) is 0 Å². The van der Waals surface area contributed by atoms with Crippen LogP contribution in [0.15, 0.2) is 42.5 Å². The first-order valence-electron chi connectivity index (χ1n) is 9.82. The SMILES string of the molecule is CC(CN1CCN(c2cccc(Cl)c2Cl)CC1)CN1C(=O)c2ccccc2C1=O. The van der Waals surface area contributed by atoms with Crippen molar-refractivity contribution in [1.82, 2.24) is 9.80 Å². The Hall–Kier alpha value is -2.08. The molecule has 1 fully saturated rings. The van der Waals surface area contributed by atoms with Crippen LogP contribution in [-0.4, -0.2) is 60.9 Å². The number of piperazine rings is 1. The second-order valence-corrected chi connectivity index (χ2v) is 8.52. The number of carbonyl (C=O) groups excluding carboxylic acids is 2. The van der Waals surface area contributed by atoms with Crippen LogP contribution in [0.1, 0.15) is 27.6 Å². The van der Waals surface area contributed by atoms with Gasteiger partial charge in [0.2, 0.25) is 0 Å². The van der Waals surface area contributed by atoms with E-state index in [-0.39, 0.29) is 17.7 Å². The van der Waals surface area contributed by atoms with E-state index in [9.17, 15) is 9.59 Å². The molecule has 0 N–H and O–H groups in total. The maximum atomic E-state index is 12.6. The Kier molecular flexibility index (Phi) is 5.81. The number of hydrogen-bond acceptors (Lipinski definition) is 4. The number of anilines is 1. The molecule has 2 aromatic carbocycles. The highest BCUT2D eigenvalue weighted by Crippen LogP contribution is 2.33. The fourth-order valence-corrected chi connectivity index (χ4v) is 4.54. The van der Waals surface area contributed by atoms with E-state index >= 15 is 0 Å². The quantitative estimate of drug-likeness (QED) is 0.669. The van der Waals surface area contributed by atoms with Gasteiger partial charge < -0.3 is 4.90 Å². The summed E-state index contributed by atoms with van der Waals surface area (Å²) < 4.78 is 0. The zero-order valence-corrected chi connectivity index (χ0v) is 17.8. The first-order chi connectivity index (χ1) is 14.0. The number of rotatable bonds is 5. The van der Waals surface area contributed by atoms with E-state index in [2.05, 4.69) is 16.7 Å². The fraction of sp³-hybridized carbons (Fsp3) is 0.364. The normalized spacial score (nSPS) is 18.3. The number of nitrogens with zero attached hydrogens (tertiary/aromatic N) is 3. The van der Waals surface area contributed by atoms with Gasteiger partial charge in [-0.2, -0.15) is 0 Å². The molecule has 0 aromatic heterocycles. The molecule has 2 aliphatic heterocycles. The third kappa shape index (κ3) is 4.00. The number of amides is 2. The summed E-state index contributed by atoms with van der Waals surface area (Å²) in [6.45, 7) is 6.88. The van der Waals surface area contributed by atoms with Gasteiger partial charge in [0.15, 0.2) is 0 Å². The summed E-state index contributed by atoms with van der Waals surface area (Å²) in [4.78, 5) is 31.1. The molecule has 2 heterocycles. The van der Waals surface area contributed by atoms with Crippen molar-refractivity contribution in [3.63, 3.8) is 0 Å². The van der Waals surface area contributed by atoms with Gasteiger partial charge in [-0.1, -0.05) is 48.3 Å². The Morgan fingerprint density at radius 3 is 2.10 bits per heavy atom. The summed E-state index contributed by atoms with van der Waals surface area (Å²) in [7, 11) is 0. The van der Waals surface area contributed by atoms with Crippen molar-refractivity contribution >= 4 is 40.7 Å². The molecule has 1 saturated heterocycles. The van der Waals surface area contributed by atoms with E-state index in [1.165, 1.54) is 4.90 Å². The minimum atomic E-state index is -0.183. The van der Waals surface area contributed by atoms with E-state index in [0.29, 0.717) is 27.7 Å². The second-order valence-electron chi connectivity index (χ2n) is 7.73. The van der Waals surface area contributed by atoms with Gasteiger partial charge in [0.25, 0.3) is 11.8 Å². The Morgan fingerprint density at radius 1 is 0.862 bits per heavy atom. The van der Waals surface area contributed by atoms with Crippen LogP contribution in [0.25, 0.3) is 0 Å². The van der Waals surface area contributed by atoms with Crippen LogP contribution in [0, 0.1) is 5.92 Å². The molecule has 4 rings (SSSR count). The predicted molar refractivity (Wildman–Crippen MR) is 116 cm³/mol. The van der Waals surface area contributed by atoms with Gasteiger partial charge in [0.1, 0.15) is 0 Å². The van der Waals surface area contributed by atoms with Crippen molar-refractivity contribution in [2.24, 2.45) is 5.92 Å². The molecule has 29 heavy (non-hydrogen) atoms. The highest BCUT2D eigenvalue weighted by atomic mass is 35.5. The minimum Gasteiger partial charge on any atom is -0.368 e. The summed E-state index contributed by atoms with van der Waals surface area (Å²) >= 11 is 12.5. The second kappa shape index (κ2) is 8.34. The van der Waals surface area contributed by atoms with Crippen LogP contribution in [0.4, 0.5) is 5.69 Å². The largest absolute Gasteiger partial charge is 0.368 e. The molecular weight excluding hydrogens is 409 g/mol. The smallest absolute Gasteiger partial charge is 0.261 e. The first kappa shape index (κ1) is 20.2. The van der Waals surface area contributed by atoms with Crippen molar-refractivity contribution in [1.29, 1.82) is 0 Å². The van der Waals surface area contributed by atoms with Gasteiger partial charge in [0.05, 0.1) is 26.9 Å². The zero-order valence-electron chi connectivity index (χ0n) is 16.3. The number of fused-ring (bicyclic) bond motifs is 1. The standard InChI is InChI=1S/C22H23Cl2N3O2/c1-15(14-27-21(28)16-5-2-3-6-17(16)22(27)29)13-25-9-11-26(12-10-25)19-8-4-7-18(23)20(19)24/h2-8,15H,9-14H2,1H3. The molecule has 152 valence electrons. The highest BCUT2D eigenvalue weighted by Gasteiger charge is 2.36. The van der Waals surface area contributed by atoms with Crippen molar-refractivity contribution in [2.45, 2.75) is 6.92 Å². The van der Waals surface area contributed by atoms with Gasteiger partial charge in [-0.05, 0) is 30.2 Å². The summed E-state index contributed by atoms with van der Waals surface area (Å²) in [5, 5.41) is 1.17. The lowest BCUT2D eigenvalue weighted by Crippen LogP contribution is -2.48. The molecule has 2 amide bonds. The predicted octanol–water partition coefficient (Wildman–Crippen LogP) is 4.05. The molecular formula is C22H23Cl2N3O2. The van der Waals surface area contributed by atoms with E-state index in [1.54, 1.807) is 30.3 Å². The topological polar surface area (TPSA) is 43.9 Å². The Labute approximate surface area is 180 Å². The summed E-state index contributed by atoms with van der Waals surface area (Å²) in [6.07, 6.45) is 0. The van der Waals surface area contributed by atoms with Crippen LogP contribution >= 0.6 is 23.2 Å². The minimum absolute atomic E-state index is 0.183. The molecule has 0 saturated carbocycles. The van der Waals surface area contributed by atoms with Crippen LogP contribution < -0.4 is 4.90 Å². The number of benzene rings is 2. The van der Waals surface area contributed by atoms with Crippen molar-refractivity contribution < 1.29 is 9.59 Å². The number of carbonyl (C=O) groups is 2. The molecule has 1 atom stereocenters. The van der Waals surface area contributed by atoms with Crippen LogP contribution in [0.2, 0.25) is 10.0 Å². The average molecular weight is 432 g/mol. The molecule has 5 nitrogen and oxygen atoms in total. The zero-order chi connectivity index (χ0) is 20.5. The fourth-order valence-electron chi connectivity index (χ4n) is 4.12. The molecule has 7 heteroatoms. The molecule has 0 aliphatic carbocycles. The average Bonchev–Trinajstić information content (AvgIpc) is 2.96. The first-order valence-corrected chi connectivity index (χ1v) is 10.6. The molecule has 2 aliphatic rings. The van der Waals surface area contributed by atoms with E-state index in [0.717, 1.165) is 38.4 Å². The summed E-state index contributed by atoms with van der Waals surface area (Å²) in [5.41, 5.74) is 1.99. The monoisotopic (exact) mass is 431 g/mol. The lowest BCUT2D eigenvalue weighted by atomic mass is 10.1. The van der Waals surface area contributed by atoms with Gasteiger partial charge in [-0.15, -0.1) is 0 Å². The van der Waals surface area contributed by atoms with E-state index < -0.39 is 0 Å². The van der Waals surface area contributed by atoms with Gasteiger partial charge >= 0.3 is 0 Å². The Bertz CT molecular complexity index is 906. The van der Waals surface area contributed by atoms with Crippen molar-refractivity contribution in [2.75, 3.05) is 44.2 Å². The lowest BCUT2D eigenvalue weighted by molar-refractivity contribution is 0.0619. The van der Waals surface area contributed by atoms with E-state index in [4.69, 9.17) is 23.2 Å². The van der Waals surface area contributed by atoms with Crippen LogP contribution in [0.5, 0.6) is 0 Å². The van der Waals surface area contributed by atoms with Gasteiger partial charge in [0, 0.05) is 39.3 Å². The number of hydrogen-bond donors (Lipinski definition) is 0. The molecule has 0 radical (unpaired) electrons. The Morgan fingerprint density at radius 2 is 1.48 bits per heavy atom. The van der Waals surface area contributed by atoms with Crippen LogP contribution in [-0.2, 0) is 0 Å². The third-order valence-corrected chi connectivity index (χ3v) is 6.40. The molecule has 0 spiro atoms. The highest BCUT2D eigenvalue weighted by molar-refractivity contribution is 6.43. The number of halogens is 2. The molecule has 1 unspecified atom stereocenters. The van der Waals surface area contributed by atoms with E-state index in [1.807, 2.05) is 12.1 Å². The Balaban J connectivity index is 1.32. The summed E-state index contributed by atoms with van der Waals surface area (Å²) in [5.74, 6) is -0.172. The number of imide groups is 1. The van der Waals surface area contributed by atoms with Crippen molar-refractivity contribution in [3.05, 3.63) is 63.6 Å². The van der Waals surface area contributed by atoms with Gasteiger partial charge in [-0.25, -0.2) is 0 Å². The van der Waals surface area contributed by atoms with Crippen LogP contribution in [0.3, 0.4) is 0 Å².